The predicted octanol–water partition coefficient (Wildman–Crippen LogP) is 3.42. The Balaban J connectivity index is 1.69. The highest BCUT2D eigenvalue weighted by atomic mass is 16.6. The zero-order valence-electron chi connectivity index (χ0n) is 17.9. The number of nitrogens with one attached hydrogen (secondary N) is 1. The highest BCUT2D eigenvalue weighted by molar-refractivity contribution is 5.97. The number of aromatic amines is 1. The van der Waals surface area contributed by atoms with E-state index in [1.54, 1.807) is 21.9 Å². The lowest BCUT2D eigenvalue weighted by Crippen LogP contribution is -2.63. The Kier molecular flexibility index (Phi) is 4.73. The number of para-hydroxylation sites is 1. The molecule has 5 rings (SSSR count). The molecule has 2 aromatic carbocycles. The van der Waals surface area contributed by atoms with Crippen LogP contribution in [0.15, 0.2) is 48.5 Å². The molecule has 8 nitrogen and oxygen atoms in total. The zero-order valence-corrected chi connectivity index (χ0v) is 17.9. The first-order valence-corrected chi connectivity index (χ1v) is 10.8. The van der Waals surface area contributed by atoms with Gasteiger partial charge in [0, 0.05) is 41.7 Å². The van der Waals surface area contributed by atoms with Crippen LogP contribution in [0.1, 0.15) is 36.7 Å². The van der Waals surface area contributed by atoms with Gasteiger partial charge in [0.1, 0.15) is 6.04 Å². The first kappa shape index (κ1) is 20.2. The number of rotatable bonds is 4. The summed E-state index contributed by atoms with van der Waals surface area (Å²) >= 11 is 0. The largest absolute Gasteiger partial charge is 0.356 e. The maximum absolute atomic E-state index is 13.5. The Morgan fingerprint density at radius 2 is 1.94 bits per heavy atom. The predicted molar refractivity (Wildman–Crippen MR) is 119 cm³/mol. The molecule has 2 aliphatic rings. The van der Waals surface area contributed by atoms with Gasteiger partial charge in [0.05, 0.1) is 17.5 Å². The molecule has 0 spiro atoms. The number of amides is 2. The Bertz CT molecular complexity index is 1250. The SMILES string of the molecule is CC(C)CN1CC(=O)N2[C@H](c3cccc([N+](=O)[O-])c3)c3[nH]c4ccccc4c3C[C@@H]2C1=O. The monoisotopic (exact) mass is 432 g/mol. The molecule has 1 saturated heterocycles. The van der Waals surface area contributed by atoms with Crippen LogP contribution in [0.5, 0.6) is 0 Å². The van der Waals surface area contributed by atoms with E-state index in [9.17, 15) is 19.7 Å². The number of carbonyl (C=O) groups excluding carboxylic acids is 2. The molecule has 32 heavy (non-hydrogen) atoms. The minimum absolute atomic E-state index is 0.0223. The number of nitro groups is 1. The average molecular weight is 432 g/mol. The van der Waals surface area contributed by atoms with Gasteiger partial charge in [0.2, 0.25) is 11.8 Å². The van der Waals surface area contributed by atoms with Crippen molar-refractivity contribution < 1.29 is 14.5 Å². The Morgan fingerprint density at radius 1 is 1.16 bits per heavy atom. The lowest BCUT2D eigenvalue weighted by atomic mass is 9.86. The molecule has 8 heteroatoms. The molecule has 3 heterocycles. The molecule has 3 aromatic rings. The van der Waals surface area contributed by atoms with Crippen molar-refractivity contribution in [3.05, 3.63) is 75.5 Å². The van der Waals surface area contributed by atoms with Crippen LogP contribution in [-0.2, 0) is 16.0 Å². The van der Waals surface area contributed by atoms with Gasteiger partial charge >= 0.3 is 0 Å². The van der Waals surface area contributed by atoms with Gasteiger partial charge in [0.25, 0.3) is 5.69 Å². The molecule has 164 valence electrons. The lowest BCUT2D eigenvalue weighted by Gasteiger charge is -2.47. The van der Waals surface area contributed by atoms with Crippen molar-refractivity contribution in [3.63, 3.8) is 0 Å². The molecule has 2 aliphatic heterocycles. The summed E-state index contributed by atoms with van der Waals surface area (Å²) in [6, 6.07) is 13.0. The third-order valence-electron chi connectivity index (χ3n) is 6.32. The van der Waals surface area contributed by atoms with Crippen LogP contribution in [0.25, 0.3) is 10.9 Å². The number of hydrogen-bond acceptors (Lipinski definition) is 4. The summed E-state index contributed by atoms with van der Waals surface area (Å²) in [5.41, 5.74) is 3.31. The molecule has 1 aromatic heterocycles. The first-order chi connectivity index (χ1) is 15.3. The van der Waals surface area contributed by atoms with E-state index in [0.29, 0.717) is 18.5 Å². The second kappa shape index (κ2) is 7.47. The van der Waals surface area contributed by atoms with E-state index >= 15 is 0 Å². The van der Waals surface area contributed by atoms with E-state index in [1.165, 1.54) is 12.1 Å². The Labute approximate surface area is 185 Å². The number of benzene rings is 2. The molecule has 0 radical (unpaired) electrons. The van der Waals surface area contributed by atoms with Crippen molar-refractivity contribution in [2.45, 2.75) is 32.4 Å². The van der Waals surface area contributed by atoms with Crippen LogP contribution in [0, 0.1) is 16.0 Å². The molecule has 0 bridgehead atoms. The van der Waals surface area contributed by atoms with Crippen LogP contribution in [-0.4, -0.2) is 50.7 Å². The molecule has 2 atom stereocenters. The van der Waals surface area contributed by atoms with Gasteiger partial charge in [0.15, 0.2) is 0 Å². The van der Waals surface area contributed by atoms with Gasteiger partial charge in [-0.05, 0) is 23.1 Å². The standard InChI is InChI=1S/C24H24N4O4/c1-14(2)12-26-13-21(29)27-20(24(26)30)11-18-17-8-3-4-9-19(17)25-22(18)23(27)15-6-5-7-16(10-15)28(31)32/h3-10,14,20,23,25H,11-13H2,1-2H3/t20-,23-/m1/s1. The van der Waals surface area contributed by atoms with Gasteiger partial charge in [-0.25, -0.2) is 0 Å². The summed E-state index contributed by atoms with van der Waals surface area (Å²) < 4.78 is 0. The van der Waals surface area contributed by atoms with E-state index in [0.717, 1.165) is 22.2 Å². The van der Waals surface area contributed by atoms with E-state index in [-0.39, 0.29) is 30.0 Å². The maximum atomic E-state index is 13.5. The molecular formula is C24H24N4O4. The molecular weight excluding hydrogens is 408 g/mol. The first-order valence-electron chi connectivity index (χ1n) is 10.8. The van der Waals surface area contributed by atoms with E-state index in [4.69, 9.17) is 0 Å². The van der Waals surface area contributed by atoms with Gasteiger partial charge < -0.3 is 14.8 Å². The number of aromatic nitrogens is 1. The molecule has 0 saturated carbocycles. The molecule has 2 amide bonds. The van der Waals surface area contributed by atoms with Crippen molar-refractivity contribution in [2.75, 3.05) is 13.1 Å². The van der Waals surface area contributed by atoms with E-state index in [2.05, 4.69) is 4.98 Å². The zero-order chi connectivity index (χ0) is 22.6. The minimum Gasteiger partial charge on any atom is -0.356 e. The Morgan fingerprint density at radius 3 is 2.69 bits per heavy atom. The third-order valence-corrected chi connectivity index (χ3v) is 6.32. The minimum atomic E-state index is -0.633. The van der Waals surface area contributed by atoms with Gasteiger partial charge in [-0.2, -0.15) is 0 Å². The number of hydrogen-bond donors (Lipinski definition) is 1. The highest BCUT2D eigenvalue weighted by Gasteiger charge is 2.48. The normalized spacial score (nSPS) is 20.6. The van der Waals surface area contributed by atoms with E-state index in [1.807, 2.05) is 38.1 Å². The fraction of sp³-hybridized carbons (Fsp3) is 0.333. The van der Waals surface area contributed by atoms with Gasteiger partial charge in [-0.3, -0.25) is 19.7 Å². The third kappa shape index (κ3) is 3.14. The summed E-state index contributed by atoms with van der Waals surface area (Å²) in [5, 5.41) is 12.4. The number of nitro benzene ring substituents is 1. The smallest absolute Gasteiger partial charge is 0.269 e. The van der Waals surface area contributed by atoms with Gasteiger partial charge in [-0.15, -0.1) is 0 Å². The molecule has 1 fully saturated rings. The molecule has 0 aliphatic carbocycles. The quantitative estimate of drug-likeness (QED) is 0.504. The number of non-ortho nitro benzene ring substituents is 1. The summed E-state index contributed by atoms with van der Waals surface area (Å²) in [6.45, 7) is 4.59. The molecule has 0 unspecified atom stereocenters. The lowest BCUT2D eigenvalue weighted by molar-refractivity contribution is -0.384. The number of piperazine rings is 1. The fourth-order valence-electron chi connectivity index (χ4n) is 5.07. The van der Waals surface area contributed by atoms with Gasteiger partial charge in [-0.1, -0.05) is 44.2 Å². The van der Waals surface area contributed by atoms with Crippen LogP contribution in [0.2, 0.25) is 0 Å². The summed E-state index contributed by atoms with van der Waals surface area (Å²) in [5.74, 6) is 0.0406. The Hall–Kier alpha value is -3.68. The van der Waals surface area contributed by atoms with Crippen molar-refractivity contribution in [1.82, 2.24) is 14.8 Å². The van der Waals surface area contributed by atoms with Crippen molar-refractivity contribution >= 4 is 28.4 Å². The number of fused-ring (bicyclic) bond motifs is 4. The van der Waals surface area contributed by atoms with Crippen molar-refractivity contribution in [1.29, 1.82) is 0 Å². The summed E-state index contributed by atoms with van der Waals surface area (Å²) in [4.78, 5) is 44.6. The molecule has 1 N–H and O–H groups in total. The maximum Gasteiger partial charge on any atom is 0.269 e. The van der Waals surface area contributed by atoms with Crippen LogP contribution < -0.4 is 0 Å². The summed E-state index contributed by atoms with van der Waals surface area (Å²) in [6.07, 6.45) is 0.421. The summed E-state index contributed by atoms with van der Waals surface area (Å²) in [7, 11) is 0. The highest BCUT2D eigenvalue weighted by Crippen LogP contribution is 2.43. The second-order valence-electron chi connectivity index (χ2n) is 8.95. The average Bonchev–Trinajstić information content (AvgIpc) is 3.14. The van der Waals surface area contributed by atoms with E-state index < -0.39 is 17.0 Å². The second-order valence-corrected chi connectivity index (χ2v) is 8.95. The number of nitrogens with zero attached hydrogens (tertiary/aromatic N) is 3. The van der Waals surface area contributed by atoms with Crippen molar-refractivity contribution in [2.24, 2.45) is 5.92 Å². The number of H-pyrrole nitrogens is 1. The van der Waals surface area contributed by atoms with Crippen molar-refractivity contribution in [3.8, 4) is 0 Å². The fourth-order valence-corrected chi connectivity index (χ4v) is 5.07. The van der Waals surface area contributed by atoms with Crippen LogP contribution in [0.4, 0.5) is 5.69 Å². The van der Waals surface area contributed by atoms with Crippen LogP contribution in [0.3, 0.4) is 0 Å². The topological polar surface area (TPSA) is 99.5 Å². The van der Waals surface area contributed by atoms with Crippen LogP contribution >= 0.6 is 0 Å². The number of carbonyl (C=O) groups is 2.